The zero-order chi connectivity index (χ0) is 28.6. The van der Waals surface area contributed by atoms with Crippen molar-refractivity contribution in [2.45, 2.75) is 45.6 Å². The Morgan fingerprint density at radius 2 is 1.79 bits per heavy atom. The molecule has 0 aliphatic heterocycles. The Kier molecular flexibility index (Phi) is 11.6. The molecule has 0 aliphatic rings. The highest BCUT2D eigenvalue weighted by Gasteiger charge is 2.20. The highest BCUT2D eigenvalue weighted by Crippen LogP contribution is 2.37. The molecule has 0 saturated carbocycles. The maximum absolute atomic E-state index is 12.3. The van der Waals surface area contributed by atoms with Crippen molar-refractivity contribution in [2.75, 3.05) is 51.2 Å². The van der Waals surface area contributed by atoms with Crippen molar-refractivity contribution in [3.8, 4) is 5.75 Å². The summed E-state index contributed by atoms with van der Waals surface area (Å²) < 4.78 is 0.665. The number of hydrogen-bond donors (Lipinski definition) is 6. The number of hydrogen-bond acceptors (Lipinski definition) is 9. The fourth-order valence-electron chi connectivity index (χ4n) is 3.53. The van der Waals surface area contributed by atoms with Crippen LogP contribution < -0.4 is 27.4 Å². The number of carbonyl (C=O) groups is 2. The van der Waals surface area contributed by atoms with Gasteiger partial charge in [0.15, 0.2) is 22.5 Å². The zero-order valence-corrected chi connectivity index (χ0v) is 24.8. The van der Waals surface area contributed by atoms with Gasteiger partial charge < -0.3 is 37.4 Å². The molecular weight excluding hydrogens is 576 g/mol. The van der Waals surface area contributed by atoms with Gasteiger partial charge in [-0.2, -0.15) is 0 Å². The van der Waals surface area contributed by atoms with E-state index in [1.54, 1.807) is 0 Å². The minimum atomic E-state index is -0.504. The molecular formula is C25H38BrClN8O3. The van der Waals surface area contributed by atoms with Crippen LogP contribution in [0.4, 0.5) is 11.6 Å². The third-order valence-electron chi connectivity index (χ3n) is 5.94. The molecule has 2 aromatic rings. The number of nitrogens with zero attached hydrogens (tertiary/aromatic N) is 3. The monoisotopic (exact) mass is 612 g/mol. The number of nitrogens with one attached hydrogen (secondary N) is 3. The molecule has 0 saturated heterocycles. The number of phenolic OH excluding ortho intramolecular Hbond substituents is 1. The molecule has 1 atom stereocenters. The molecule has 8 N–H and O–H groups in total. The average Bonchev–Trinajstić information content (AvgIpc) is 2.83. The van der Waals surface area contributed by atoms with Crippen molar-refractivity contribution in [3.63, 3.8) is 0 Å². The Bertz CT molecular complexity index is 1140. The van der Waals surface area contributed by atoms with Crippen LogP contribution in [0.3, 0.4) is 0 Å². The zero-order valence-electron chi connectivity index (χ0n) is 22.5. The maximum atomic E-state index is 12.3. The summed E-state index contributed by atoms with van der Waals surface area (Å²) in [6.07, 6.45) is 0.313. The molecule has 1 unspecified atom stereocenters. The van der Waals surface area contributed by atoms with Crippen LogP contribution in [-0.2, 0) is 10.2 Å². The van der Waals surface area contributed by atoms with E-state index in [0.717, 1.165) is 11.1 Å². The molecule has 38 heavy (non-hydrogen) atoms. The van der Waals surface area contributed by atoms with E-state index in [1.165, 1.54) is 0 Å². The van der Waals surface area contributed by atoms with Crippen molar-refractivity contribution in [3.05, 3.63) is 38.6 Å². The summed E-state index contributed by atoms with van der Waals surface area (Å²) in [6, 6.07) is 3.86. The smallest absolute Gasteiger partial charge is 0.273 e. The Hall–Kier alpha value is -2.67. The summed E-state index contributed by atoms with van der Waals surface area (Å²) in [5.74, 6) is -0.496. The minimum absolute atomic E-state index is 0.0394. The lowest BCUT2D eigenvalue weighted by Crippen LogP contribution is -2.37. The van der Waals surface area contributed by atoms with Gasteiger partial charge in [-0.25, -0.2) is 9.97 Å². The van der Waals surface area contributed by atoms with Crippen molar-refractivity contribution >= 4 is 51.0 Å². The summed E-state index contributed by atoms with van der Waals surface area (Å²) in [6.45, 7) is 10.7. The van der Waals surface area contributed by atoms with Gasteiger partial charge in [-0.15, -0.1) is 0 Å². The van der Waals surface area contributed by atoms with Crippen molar-refractivity contribution in [1.29, 1.82) is 0 Å². The SMILES string of the molecule is CC(NCCNC(=O)CCN(C)CCNC(=O)c1nc(Cl)c(N)nc1N)c1cc(C(C)(C)C)cc(Br)c1O. The first-order valence-corrected chi connectivity index (χ1v) is 13.5. The summed E-state index contributed by atoms with van der Waals surface area (Å²) in [5, 5.41) is 19.4. The van der Waals surface area contributed by atoms with E-state index in [0.29, 0.717) is 43.6 Å². The predicted octanol–water partition coefficient (Wildman–Crippen LogP) is 2.58. The molecule has 0 bridgehead atoms. The van der Waals surface area contributed by atoms with E-state index in [1.807, 2.05) is 31.0 Å². The number of anilines is 2. The molecule has 0 spiro atoms. The quantitative estimate of drug-likeness (QED) is 0.197. The fourth-order valence-corrected chi connectivity index (χ4v) is 4.13. The third-order valence-corrected chi connectivity index (χ3v) is 6.83. The number of likely N-dealkylation sites (N-methyl/N-ethyl adjacent to an activating group) is 1. The van der Waals surface area contributed by atoms with Crippen LogP contribution in [0.15, 0.2) is 16.6 Å². The van der Waals surface area contributed by atoms with Crippen LogP contribution in [0, 0.1) is 0 Å². The summed E-state index contributed by atoms with van der Waals surface area (Å²) in [5.41, 5.74) is 13.0. The second kappa shape index (κ2) is 13.9. The van der Waals surface area contributed by atoms with Gasteiger partial charge in [0.2, 0.25) is 5.91 Å². The number of halogens is 2. The molecule has 0 fully saturated rings. The number of phenols is 1. The molecule has 210 valence electrons. The van der Waals surface area contributed by atoms with Crippen LogP contribution in [0.2, 0.25) is 5.15 Å². The normalized spacial score (nSPS) is 12.4. The number of nitrogen functional groups attached to an aromatic ring is 2. The molecule has 0 aliphatic carbocycles. The predicted molar refractivity (Wildman–Crippen MR) is 154 cm³/mol. The highest BCUT2D eigenvalue weighted by atomic mass is 79.9. The van der Waals surface area contributed by atoms with Gasteiger partial charge in [-0.05, 0) is 53.0 Å². The second-order valence-corrected chi connectivity index (χ2v) is 11.3. The number of aromatic hydroxyl groups is 1. The number of nitrogens with two attached hydrogens (primary N) is 2. The number of amides is 2. The van der Waals surface area contributed by atoms with Gasteiger partial charge in [0, 0.05) is 50.7 Å². The lowest BCUT2D eigenvalue weighted by molar-refractivity contribution is -0.121. The summed E-state index contributed by atoms with van der Waals surface area (Å²) >= 11 is 9.26. The Balaban J connectivity index is 1.69. The Labute approximate surface area is 237 Å². The van der Waals surface area contributed by atoms with Crippen LogP contribution >= 0.6 is 27.5 Å². The lowest BCUT2D eigenvalue weighted by Gasteiger charge is -2.24. The Morgan fingerprint density at radius 1 is 1.11 bits per heavy atom. The van der Waals surface area contributed by atoms with Crippen molar-refractivity contribution < 1.29 is 14.7 Å². The number of carbonyl (C=O) groups excluding carboxylic acids is 2. The number of rotatable bonds is 12. The van der Waals surface area contributed by atoms with Crippen LogP contribution in [-0.4, -0.2) is 71.6 Å². The first-order valence-electron chi connectivity index (χ1n) is 12.3. The van der Waals surface area contributed by atoms with Crippen LogP contribution in [0.25, 0.3) is 0 Å². The molecule has 1 heterocycles. The topological polar surface area (TPSA) is 172 Å². The van der Waals surface area contributed by atoms with E-state index in [4.69, 9.17) is 23.1 Å². The van der Waals surface area contributed by atoms with E-state index in [2.05, 4.69) is 62.6 Å². The molecule has 1 aromatic carbocycles. The fraction of sp³-hybridized carbons (Fsp3) is 0.520. The van der Waals surface area contributed by atoms with E-state index >= 15 is 0 Å². The summed E-state index contributed by atoms with van der Waals surface area (Å²) in [4.78, 5) is 34.1. The Morgan fingerprint density at radius 3 is 2.45 bits per heavy atom. The average molecular weight is 614 g/mol. The van der Waals surface area contributed by atoms with Crippen LogP contribution in [0.1, 0.15) is 61.8 Å². The molecule has 2 rings (SSSR count). The van der Waals surface area contributed by atoms with E-state index in [9.17, 15) is 14.7 Å². The molecule has 0 radical (unpaired) electrons. The number of benzene rings is 1. The molecule has 13 heteroatoms. The second-order valence-electron chi connectivity index (χ2n) is 10.1. The van der Waals surface area contributed by atoms with Gasteiger partial charge in [-0.1, -0.05) is 32.4 Å². The lowest BCUT2D eigenvalue weighted by atomic mass is 9.85. The largest absolute Gasteiger partial charge is 0.506 e. The summed E-state index contributed by atoms with van der Waals surface area (Å²) in [7, 11) is 1.85. The third kappa shape index (κ3) is 9.26. The van der Waals surface area contributed by atoms with Crippen molar-refractivity contribution in [1.82, 2.24) is 30.8 Å². The van der Waals surface area contributed by atoms with Gasteiger partial charge >= 0.3 is 0 Å². The van der Waals surface area contributed by atoms with E-state index in [-0.39, 0.29) is 45.6 Å². The molecule has 1 aromatic heterocycles. The van der Waals surface area contributed by atoms with Gasteiger partial charge in [0.05, 0.1) is 4.47 Å². The van der Waals surface area contributed by atoms with E-state index < -0.39 is 5.91 Å². The first kappa shape index (κ1) is 31.5. The standard InChI is InChI=1S/C25H38BrClN8O3/c1-14(16-12-15(25(2,3)4)13-17(26)20(16)37)30-7-8-31-18(36)6-10-35(5)11-9-32-24(38)19-22(28)34-23(29)21(27)33-19/h12-14,30,37H,6-11H2,1-5H3,(H,31,36)(H,32,38)(H4,28,29,34). The van der Waals surface area contributed by atoms with Crippen molar-refractivity contribution in [2.24, 2.45) is 0 Å². The number of aromatic nitrogens is 2. The van der Waals surface area contributed by atoms with Gasteiger partial charge in [0.1, 0.15) is 5.75 Å². The highest BCUT2D eigenvalue weighted by molar-refractivity contribution is 9.10. The van der Waals surface area contributed by atoms with Gasteiger partial charge in [-0.3, -0.25) is 9.59 Å². The van der Waals surface area contributed by atoms with Gasteiger partial charge in [0.25, 0.3) is 5.91 Å². The maximum Gasteiger partial charge on any atom is 0.273 e. The molecule has 11 nitrogen and oxygen atoms in total. The first-order chi connectivity index (χ1) is 17.7. The van der Waals surface area contributed by atoms with Crippen LogP contribution in [0.5, 0.6) is 5.75 Å². The minimum Gasteiger partial charge on any atom is -0.506 e. The molecule has 2 amide bonds.